The molecule has 1 fully saturated rings. The Balaban J connectivity index is 2.31. The maximum absolute atomic E-state index is 10.8. The van der Waals surface area contributed by atoms with Gasteiger partial charge in [0, 0.05) is 0 Å². The molecule has 1 aromatic rings. The summed E-state index contributed by atoms with van der Waals surface area (Å²) in [6.45, 7) is 6.75. The summed E-state index contributed by atoms with van der Waals surface area (Å²) < 4.78 is 0. The second-order valence-electron chi connectivity index (χ2n) is 6.57. The molecule has 1 saturated carbocycles. The first-order valence-corrected chi connectivity index (χ1v) is 7.14. The van der Waals surface area contributed by atoms with E-state index in [1.54, 1.807) is 6.07 Å². The van der Waals surface area contributed by atoms with Crippen LogP contribution in [0.2, 0.25) is 0 Å². The van der Waals surface area contributed by atoms with Crippen LogP contribution in [0, 0.1) is 28.6 Å². The van der Waals surface area contributed by atoms with E-state index in [0.717, 1.165) is 12.0 Å². The maximum Gasteiger partial charge on any atom is 0.0991 e. The third-order valence-corrected chi connectivity index (χ3v) is 4.69. The topological polar surface area (TPSA) is 44.0 Å². The van der Waals surface area contributed by atoms with Crippen LogP contribution in [-0.2, 0) is 0 Å². The van der Waals surface area contributed by atoms with Gasteiger partial charge in [-0.3, -0.25) is 0 Å². The molecular formula is C17H23NO. The smallest absolute Gasteiger partial charge is 0.0991 e. The number of benzene rings is 1. The number of aliphatic hydroxyl groups is 1. The Hall–Kier alpha value is -1.33. The lowest BCUT2D eigenvalue weighted by molar-refractivity contribution is -0.0292. The van der Waals surface area contributed by atoms with Crippen LogP contribution in [0.25, 0.3) is 0 Å². The van der Waals surface area contributed by atoms with Gasteiger partial charge in [-0.05, 0) is 41.4 Å². The van der Waals surface area contributed by atoms with E-state index < -0.39 is 6.10 Å². The van der Waals surface area contributed by atoms with Crippen molar-refractivity contribution in [1.29, 1.82) is 5.26 Å². The van der Waals surface area contributed by atoms with Gasteiger partial charge >= 0.3 is 0 Å². The molecule has 0 spiro atoms. The molecule has 2 rings (SSSR count). The minimum Gasteiger partial charge on any atom is -0.388 e. The van der Waals surface area contributed by atoms with Crippen molar-refractivity contribution in [3.63, 3.8) is 0 Å². The fraction of sp³-hybridized carbons (Fsp3) is 0.588. The van der Waals surface area contributed by atoms with Gasteiger partial charge in [0.05, 0.1) is 17.7 Å². The Bertz CT molecular complexity index is 486. The molecule has 0 radical (unpaired) electrons. The highest BCUT2D eigenvalue weighted by molar-refractivity contribution is 5.34. The van der Waals surface area contributed by atoms with Crippen molar-refractivity contribution in [2.45, 2.75) is 46.1 Å². The van der Waals surface area contributed by atoms with Crippen molar-refractivity contribution >= 4 is 0 Å². The van der Waals surface area contributed by atoms with E-state index in [2.05, 4.69) is 26.8 Å². The van der Waals surface area contributed by atoms with Gasteiger partial charge in [-0.15, -0.1) is 0 Å². The monoisotopic (exact) mass is 257 g/mol. The molecule has 0 heterocycles. The highest BCUT2D eigenvalue weighted by atomic mass is 16.3. The SMILES string of the molecule is C[C@H]1CCCC(C)(C)[C@H]1C(O)c1cccc(C#N)c1. The van der Waals surface area contributed by atoms with Gasteiger partial charge in [-0.25, -0.2) is 0 Å². The average molecular weight is 257 g/mol. The minimum absolute atomic E-state index is 0.153. The Morgan fingerprint density at radius 3 is 2.79 bits per heavy atom. The molecule has 1 aliphatic carbocycles. The zero-order valence-corrected chi connectivity index (χ0v) is 12.1. The van der Waals surface area contributed by atoms with E-state index in [9.17, 15) is 5.11 Å². The first kappa shape index (κ1) is 14.1. The van der Waals surface area contributed by atoms with Gasteiger partial charge in [-0.1, -0.05) is 45.7 Å². The normalized spacial score (nSPS) is 27.5. The number of nitrogens with zero attached hydrogens (tertiary/aromatic N) is 1. The molecule has 2 nitrogen and oxygen atoms in total. The predicted octanol–water partition coefficient (Wildman–Crippen LogP) is 4.05. The van der Waals surface area contributed by atoms with Crippen molar-refractivity contribution in [1.82, 2.24) is 0 Å². The summed E-state index contributed by atoms with van der Waals surface area (Å²) in [5.74, 6) is 0.777. The van der Waals surface area contributed by atoms with Crippen LogP contribution in [0.4, 0.5) is 0 Å². The zero-order chi connectivity index (χ0) is 14.0. The Morgan fingerprint density at radius 1 is 1.42 bits per heavy atom. The molecule has 102 valence electrons. The molecular weight excluding hydrogens is 234 g/mol. The summed E-state index contributed by atoms with van der Waals surface area (Å²) in [5.41, 5.74) is 1.66. The van der Waals surface area contributed by atoms with E-state index in [1.807, 2.05) is 18.2 Å². The van der Waals surface area contributed by atoms with Gasteiger partial charge in [-0.2, -0.15) is 5.26 Å². The van der Waals surface area contributed by atoms with Gasteiger partial charge in [0.15, 0.2) is 0 Å². The van der Waals surface area contributed by atoms with Crippen molar-refractivity contribution in [3.8, 4) is 6.07 Å². The molecule has 0 aliphatic heterocycles. The molecule has 1 aliphatic rings. The Kier molecular flexibility index (Phi) is 3.96. The molecule has 2 heteroatoms. The molecule has 0 saturated heterocycles. The highest BCUT2D eigenvalue weighted by Gasteiger charge is 2.41. The molecule has 19 heavy (non-hydrogen) atoms. The summed E-state index contributed by atoms with van der Waals surface area (Å²) in [7, 11) is 0. The van der Waals surface area contributed by atoms with E-state index in [4.69, 9.17) is 5.26 Å². The summed E-state index contributed by atoms with van der Waals surface area (Å²) in [5, 5.41) is 19.7. The fourth-order valence-electron chi connectivity index (χ4n) is 3.73. The lowest BCUT2D eigenvalue weighted by Gasteiger charge is -2.45. The Morgan fingerprint density at radius 2 is 2.16 bits per heavy atom. The molecule has 0 aromatic heterocycles. The number of aliphatic hydroxyl groups excluding tert-OH is 1. The average Bonchev–Trinajstić information content (AvgIpc) is 2.37. The largest absolute Gasteiger partial charge is 0.388 e. The van der Waals surface area contributed by atoms with E-state index in [1.165, 1.54) is 12.8 Å². The first-order chi connectivity index (χ1) is 8.95. The number of nitriles is 1. The van der Waals surface area contributed by atoms with Crippen LogP contribution < -0.4 is 0 Å². The lowest BCUT2D eigenvalue weighted by Crippen LogP contribution is -2.37. The quantitative estimate of drug-likeness (QED) is 0.868. The van der Waals surface area contributed by atoms with Crippen molar-refractivity contribution in [2.24, 2.45) is 17.3 Å². The second kappa shape index (κ2) is 5.35. The van der Waals surface area contributed by atoms with Crippen LogP contribution in [0.1, 0.15) is 57.3 Å². The molecule has 0 amide bonds. The van der Waals surface area contributed by atoms with Gasteiger partial charge in [0.25, 0.3) is 0 Å². The number of rotatable bonds is 2. The lowest BCUT2D eigenvalue weighted by atomic mass is 9.61. The molecule has 1 unspecified atom stereocenters. The number of hydrogen-bond donors (Lipinski definition) is 1. The summed E-state index contributed by atoms with van der Waals surface area (Å²) in [4.78, 5) is 0. The summed E-state index contributed by atoms with van der Waals surface area (Å²) in [6.07, 6.45) is 3.12. The predicted molar refractivity (Wildman–Crippen MR) is 76.4 cm³/mol. The standard InChI is InChI=1S/C17H23NO/c1-12-6-5-9-17(2,3)15(12)16(19)14-8-4-7-13(10-14)11-18/h4,7-8,10,12,15-16,19H,5-6,9H2,1-3H3/t12-,15+,16?/m0/s1. The van der Waals surface area contributed by atoms with Gasteiger partial charge in [0.2, 0.25) is 0 Å². The molecule has 3 atom stereocenters. The van der Waals surface area contributed by atoms with Crippen molar-refractivity contribution < 1.29 is 5.11 Å². The zero-order valence-electron chi connectivity index (χ0n) is 12.1. The fourth-order valence-corrected chi connectivity index (χ4v) is 3.73. The third kappa shape index (κ3) is 2.82. The third-order valence-electron chi connectivity index (χ3n) is 4.69. The van der Waals surface area contributed by atoms with E-state index in [0.29, 0.717) is 11.5 Å². The molecule has 0 bridgehead atoms. The van der Waals surface area contributed by atoms with Crippen LogP contribution in [0.3, 0.4) is 0 Å². The summed E-state index contributed by atoms with van der Waals surface area (Å²) >= 11 is 0. The van der Waals surface area contributed by atoms with Crippen LogP contribution >= 0.6 is 0 Å². The highest BCUT2D eigenvalue weighted by Crippen LogP contribution is 2.49. The Labute approximate surface area is 116 Å². The van der Waals surface area contributed by atoms with Gasteiger partial charge < -0.3 is 5.11 Å². The van der Waals surface area contributed by atoms with Crippen molar-refractivity contribution in [3.05, 3.63) is 35.4 Å². The first-order valence-electron chi connectivity index (χ1n) is 7.14. The number of hydrogen-bond acceptors (Lipinski definition) is 2. The second-order valence-corrected chi connectivity index (χ2v) is 6.57. The minimum atomic E-state index is -0.474. The van der Waals surface area contributed by atoms with Gasteiger partial charge in [0.1, 0.15) is 0 Å². The van der Waals surface area contributed by atoms with E-state index >= 15 is 0 Å². The van der Waals surface area contributed by atoms with Crippen LogP contribution in [0.15, 0.2) is 24.3 Å². The molecule has 1 N–H and O–H groups in total. The van der Waals surface area contributed by atoms with Crippen molar-refractivity contribution in [2.75, 3.05) is 0 Å². The maximum atomic E-state index is 10.8. The van der Waals surface area contributed by atoms with E-state index in [-0.39, 0.29) is 11.3 Å². The van der Waals surface area contributed by atoms with Crippen LogP contribution in [-0.4, -0.2) is 5.11 Å². The molecule has 1 aromatic carbocycles. The summed E-state index contributed by atoms with van der Waals surface area (Å²) in [6, 6.07) is 9.54. The van der Waals surface area contributed by atoms with Crippen LogP contribution in [0.5, 0.6) is 0 Å².